The van der Waals surface area contributed by atoms with Crippen LogP contribution in [0, 0.1) is 0 Å². The molecule has 0 saturated carbocycles. The van der Waals surface area contributed by atoms with E-state index in [0.29, 0.717) is 26.6 Å². The van der Waals surface area contributed by atoms with Gasteiger partial charge in [0, 0.05) is 21.4 Å². The van der Waals surface area contributed by atoms with Crippen molar-refractivity contribution in [2.24, 2.45) is 0 Å². The lowest BCUT2D eigenvalue weighted by molar-refractivity contribution is 0.786. The Bertz CT molecular complexity index is 1140. The van der Waals surface area contributed by atoms with E-state index in [9.17, 15) is 4.79 Å². The number of hydrogen-bond donors (Lipinski definition) is 1. The largest absolute Gasteiger partial charge is 0.350 e. The monoisotopic (exact) mass is 402 g/mol. The average molecular weight is 403 g/mol. The van der Waals surface area contributed by atoms with Crippen molar-refractivity contribution in [2.45, 2.75) is 10.9 Å². The fourth-order valence-corrected chi connectivity index (χ4v) is 3.68. The first-order valence-electron chi connectivity index (χ1n) is 7.71. The second-order valence-electron chi connectivity index (χ2n) is 5.57. The lowest BCUT2D eigenvalue weighted by Gasteiger charge is -2.04. The van der Waals surface area contributed by atoms with Gasteiger partial charge in [0.05, 0.1) is 6.20 Å². The molecular formula is C18H12Cl2N4OS. The molecule has 1 N–H and O–H groups in total. The Morgan fingerprint density at radius 2 is 1.88 bits per heavy atom. The molecule has 0 spiro atoms. The zero-order valence-corrected chi connectivity index (χ0v) is 15.6. The summed E-state index contributed by atoms with van der Waals surface area (Å²) in [6.07, 6.45) is 1.63. The number of H-pyrrole nitrogens is 1. The summed E-state index contributed by atoms with van der Waals surface area (Å²) >= 11 is 13.4. The quantitative estimate of drug-likeness (QED) is 0.503. The minimum Gasteiger partial charge on any atom is -0.285 e. The highest BCUT2D eigenvalue weighted by Crippen LogP contribution is 2.26. The van der Waals surface area contributed by atoms with Crippen LogP contribution in [0.4, 0.5) is 0 Å². The number of halogens is 2. The Balaban J connectivity index is 1.69. The molecule has 0 saturated heterocycles. The number of fused-ring (bicyclic) bond motifs is 1. The molecule has 4 aromatic rings. The van der Waals surface area contributed by atoms with Gasteiger partial charge in [-0.3, -0.25) is 4.98 Å². The summed E-state index contributed by atoms with van der Waals surface area (Å²) in [5.74, 6) is 0.643. The second kappa shape index (κ2) is 7.15. The summed E-state index contributed by atoms with van der Waals surface area (Å²) in [6.45, 7) is 0. The van der Waals surface area contributed by atoms with Crippen LogP contribution in [-0.4, -0.2) is 19.6 Å². The van der Waals surface area contributed by atoms with Gasteiger partial charge in [0.2, 0.25) is 0 Å². The molecule has 26 heavy (non-hydrogen) atoms. The van der Waals surface area contributed by atoms with Crippen molar-refractivity contribution in [3.63, 3.8) is 0 Å². The molecule has 5 nitrogen and oxygen atoms in total. The zero-order chi connectivity index (χ0) is 18.1. The van der Waals surface area contributed by atoms with Crippen molar-refractivity contribution in [3.8, 4) is 11.1 Å². The van der Waals surface area contributed by atoms with E-state index in [4.69, 9.17) is 23.2 Å². The Kier molecular flexibility index (Phi) is 4.72. The molecule has 0 amide bonds. The molecule has 4 rings (SSSR count). The second-order valence-corrected chi connectivity index (χ2v) is 7.40. The number of thioether (sulfide) groups is 1. The molecule has 8 heteroatoms. The number of benzene rings is 2. The zero-order valence-electron chi connectivity index (χ0n) is 13.3. The molecule has 0 fully saturated rings. The van der Waals surface area contributed by atoms with Crippen LogP contribution in [0.15, 0.2) is 64.7 Å². The van der Waals surface area contributed by atoms with Crippen LogP contribution >= 0.6 is 35.0 Å². The Morgan fingerprint density at radius 3 is 2.65 bits per heavy atom. The highest BCUT2D eigenvalue weighted by atomic mass is 35.5. The summed E-state index contributed by atoms with van der Waals surface area (Å²) in [4.78, 5) is 19.6. The molecule has 2 aromatic heterocycles. The van der Waals surface area contributed by atoms with Crippen LogP contribution in [-0.2, 0) is 5.75 Å². The van der Waals surface area contributed by atoms with Gasteiger partial charge < -0.3 is 0 Å². The Morgan fingerprint density at radius 1 is 1.08 bits per heavy atom. The fraction of sp³-hybridized carbons (Fsp3) is 0.0556. The van der Waals surface area contributed by atoms with Gasteiger partial charge in [-0.15, -0.1) is 0 Å². The van der Waals surface area contributed by atoms with E-state index in [1.54, 1.807) is 18.3 Å². The molecule has 0 aliphatic carbocycles. The average Bonchev–Trinajstić information content (AvgIpc) is 3.05. The van der Waals surface area contributed by atoms with Crippen molar-refractivity contribution in [1.29, 1.82) is 0 Å². The van der Waals surface area contributed by atoms with Crippen molar-refractivity contribution in [2.75, 3.05) is 0 Å². The predicted molar refractivity (Wildman–Crippen MR) is 105 cm³/mol. The van der Waals surface area contributed by atoms with Crippen molar-refractivity contribution in [3.05, 3.63) is 80.8 Å². The summed E-state index contributed by atoms with van der Waals surface area (Å²) in [5.41, 5.74) is 2.90. The van der Waals surface area contributed by atoms with Gasteiger partial charge in [-0.2, -0.15) is 9.61 Å². The van der Waals surface area contributed by atoms with Gasteiger partial charge >= 0.3 is 5.69 Å². The molecular weight excluding hydrogens is 391 g/mol. The normalized spacial score (nSPS) is 11.2. The number of rotatable bonds is 4. The number of aromatic nitrogens is 4. The lowest BCUT2D eigenvalue weighted by Crippen LogP contribution is -2.19. The maximum absolute atomic E-state index is 12.3. The summed E-state index contributed by atoms with van der Waals surface area (Å²) in [5, 5.41) is 5.99. The summed E-state index contributed by atoms with van der Waals surface area (Å²) in [6, 6.07) is 14.9. The SMILES string of the molecule is O=c1[nH]c(SCc2cccc(Cl)c2)nc2c(-c3ccc(Cl)cc3)cnn12. The van der Waals surface area contributed by atoms with Crippen LogP contribution < -0.4 is 5.69 Å². The van der Waals surface area contributed by atoms with Crippen LogP contribution in [0.25, 0.3) is 16.8 Å². The van der Waals surface area contributed by atoms with Gasteiger partial charge in [-0.05, 0) is 35.4 Å². The highest BCUT2D eigenvalue weighted by Gasteiger charge is 2.12. The third-order valence-electron chi connectivity index (χ3n) is 3.78. The fourth-order valence-electron chi connectivity index (χ4n) is 2.55. The van der Waals surface area contributed by atoms with Crippen LogP contribution in [0.1, 0.15) is 5.56 Å². The molecule has 130 valence electrons. The first kappa shape index (κ1) is 17.1. The van der Waals surface area contributed by atoms with Gasteiger partial charge in [-0.1, -0.05) is 59.2 Å². The number of hydrogen-bond acceptors (Lipinski definition) is 4. The van der Waals surface area contributed by atoms with E-state index in [-0.39, 0.29) is 5.69 Å². The minimum absolute atomic E-state index is 0.330. The highest BCUT2D eigenvalue weighted by molar-refractivity contribution is 7.98. The molecule has 2 heterocycles. The van der Waals surface area contributed by atoms with Gasteiger partial charge in [-0.25, -0.2) is 9.78 Å². The Labute approximate surface area is 163 Å². The van der Waals surface area contributed by atoms with E-state index in [2.05, 4.69) is 15.1 Å². The predicted octanol–water partition coefficient (Wildman–Crippen LogP) is 4.68. The maximum Gasteiger partial charge on any atom is 0.350 e. The van der Waals surface area contributed by atoms with Crippen LogP contribution in [0.3, 0.4) is 0 Å². The third kappa shape index (κ3) is 3.49. The smallest absolute Gasteiger partial charge is 0.285 e. The van der Waals surface area contributed by atoms with Crippen LogP contribution in [0.2, 0.25) is 10.0 Å². The molecule has 0 unspecified atom stereocenters. The first-order chi connectivity index (χ1) is 12.6. The Hall–Kier alpha value is -2.28. The van der Waals surface area contributed by atoms with Crippen LogP contribution in [0.5, 0.6) is 0 Å². The first-order valence-corrected chi connectivity index (χ1v) is 9.45. The maximum atomic E-state index is 12.3. The van der Waals surface area contributed by atoms with Crippen molar-refractivity contribution < 1.29 is 0 Å². The van der Waals surface area contributed by atoms with E-state index < -0.39 is 0 Å². The molecule has 0 aliphatic heterocycles. The van der Waals surface area contributed by atoms with E-state index in [0.717, 1.165) is 16.7 Å². The van der Waals surface area contributed by atoms with E-state index in [1.807, 2.05) is 36.4 Å². The third-order valence-corrected chi connectivity index (χ3v) is 5.21. The number of nitrogens with zero attached hydrogens (tertiary/aromatic N) is 3. The molecule has 0 aliphatic rings. The molecule has 0 atom stereocenters. The minimum atomic E-state index is -0.330. The van der Waals surface area contributed by atoms with E-state index in [1.165, 1.54) is 16.3 Å². The topological polar surface area (TPSA) is 63.0 Å². The summed E-state index contributed by atoms with van der Waals surface area (Å²) in [7, 11) is 0. The van der Waals surface area contributed by atoms with Gasteiger partial charge in [0.15, 0.2) is 10.8 Å². The molecule has 0 bridgehead atoms. The summed E-state index contributed by atoms with van der Waals surface area (Å²) < 4.78 is 1.26. The van der Waals surface area contributed by atoms with Gasteiger partial charge in [0.1, 0.15) is 0 Å². The van der Waals surface area contributed by atoms with Crippen molar-refractivity contribution in [1.82, 2.24) is 19.6 Å². The van der Waals surface area contributed by atoms with Crippen molar-refractivity contribution >= 4 is 40.6 Å². The lowest BCUT2D eigenvalue weighted by atomic mass is 10.1. The molecule has 2 aromatic carbocycles. The van der Waals surface area contributed by atoms with Gasteiger partial charge in [0.25, 0.3) is 0 Å². The number of nitrogens with one attached hydrogen (secondary N) is 1. The standard InChI is InChI=1S/C18H12Cl2N4OS/c19-13-6-4-12(5-7-13)15-9-21-24-16(15)22-17(23-18(24)25)26-10-11-2-1-3-14(20)8-11/h1-9H,10H2,(H,22,23,25). The van der Waals surface area contributed by atoms with E-state index >= 15 is 0 Å². The molecule has 0 radical (unpaired) electrons. The number of aromatic amines is 1.